The van der Waals surface area contributed by atoms with Gasteiger partial charge in [0.15, 0.2) is 0 Å². The van der Waals surface area contributed by atoms with Gasteiger partial charge in [-0.15, -0.1) is 0 Å². The van der Waals surface area contributed by atoms with Crippen LogP contribution in [0.2, 0.25) is 0 Å². The lowest BCUT2D eigenvalue weighted by atomic mass is 10.1. The number of anilines is 1. The summed E-state index contributed by atoms with van der Waals surface area (Å²) in [6.07, 6.45) is 6.06. The Morgan fingerprint density at radius 2 is 2.24 bits per heavy atom. The van der Waals surface area contributed by atoms with Gasteiger partial charge >= 0.3 is 0 Å². The molecular formula is C13H20N2O2. The lowest BCUT2D eigenvalue weighted by molar-refractivity contribution is 0.0459. The van der Waals surface area contributed by atoms with Crippen molar-refractivity contribution < 1.29 is 9.84 Å². The highest BCUT2D eigenvalue weighted by atomic mass is 16.5. The van der Waals surface area contributed by atoms with Gasteiger partial charge in [-0.1, -0.05) is 0 Å². The fourth-order valence-electron chi connectivity index (χ4n) is 2.33. The van der Waals surface area contributed by atoms with Gasteiger partial charge < -0.3 is 14.7 Å². The van der Waals surface area contributed by atoms with Crippen molar-refractivity contribution >= 4 is 5.69 Å². The van der Waals surface area contributed by atoms with Crippen LogP contribution in [-0.4, -0.2) is 35.9 Å². The normalized spacial score (nSPS) is 17.4. The summed E-state index contributed by atoms with van der Waals surface area (Å²) in [4.78, 5) is 6.43. The number of pyridine rings is 1. The second kappa shape index (κ2) is 5.98. The first-order chi connectivity index (χ1) is 8.35. The van der Waals surface area contributed by atoms with Gasteiger partial charge in [-0.2, -0.15) is 0 Å². The summed E-state index contributed by atoms with van der Waals surface area (Å²) in [5.41, 5.74) is 2.01. The number of aliphatic hydroxyl groups excluding tert-OH is 1. The molecule has 0 radical (unpaired) electrons. The Balaban J connectivity index is 2.00. The molecule has 1 aromatic rings. The molecule has 1 N–H and O–H groups in total. The Morgan fingerprint density at radius 1 is 1.47 bits per heavy atom. The Kier molecular flexibility index (Phi) is 4.34. The number of aliphatic hydroxyl groups is 1. The molecule has 0 bridgehead atoms. The van der Waals surface area contributed by atoms with Crippen molar-refractivity contribution in [3.8, 4) is 0 Å². The highest BCUT2D eigenvalue weighted by molar-refractivity contribution is 5.51. The number of rotatable bonds is 4. The molecule has 0 amide bonds. The van der Waals surface area contributed by atoms with Crippen LogP contribution in [0.1, 0.15) is 25.3 Å². The van der Waals surface area contributed by atoms with Crippen LogP contribution in [0.15, 0.2) is 18.5 Å². The molecule has 2 rings (SSSR count). The summed E-state index contributed by atoms with van der Waals surface area (Å²) < 4.78 is 5.63. The number of piperidine rings is 1. The van der Waals surface area contributed by atoms with Crippen LogP contribution in [0.5, 0.6) is 0 Å². The van der Waals surface area contributed by atoms with E-state index in [4.69, 9.17) is 4.74 Å². The Morgan fingerprint density at radius 3 is 2.88 bits per heavy atom. The van der Waals surface area contributed by atoms with Gasteiger partial charge in [-0.25, -0.2) is 0 Å². The molecule has 0 atom stereocenters. The van der Waals surface area contributed by atoms with E-state index in [-0.39, 0.29) is 6.61 Å². The van der Waals surface area contributed by atoms with Crippen molar-refractivity contribution in [1.29, 1.82) is 0 Å². The summed E-state index contributed by atoms with van der Waals surface area (Å²) in [6.45, 7) is 4.85. The first-order valence-electron chi connectivity index (χ1n) is 6.25. The molecular weight excluding hydrogens is 216 g/mol. The van der Waals surface area contributed by atoms with E-state index in [1.807, 2.05) is 19.2 Å². The lowest BCUT2D eigenvalue weighted by Gasteiger charge is -2.34. The SMILES string of the molecule is CCOC1CCN(c2cnccc2CO)CC1. The van der Waals surface area contributed by atoms with Crippen molar-refractivity contribution in [2.45, 2.75) is 32.5 Å². The van der Waals surface area contributed by atoms with Crippen LogP contribution in [-0.2, 0) is 11.3 Å². The van der Waals surface area contributed by atoms with Gasteiger partial charge in [0.05, 0.1) is 24.6 Å². The maximum absolute atomic E-state index is 9.31. The Hall–Kier alpha value is -1.13. The van der Waals surface area contributed by atoms with E-state index >= 15 is 0 Å². The molecule has 0 unspecified atom stereocenters. The number of hydrogen-bond acceptors (Lipinski definition) is 4. The predicted molar refractivity (Wildman–Crippen MR) is 67.0 cm³/mol. The Bertz CT molecular complexity index is 349. The second-order valence-corrected chi connectivity index (χ2v) is 4.30. The minimum absolute atomic E-state index is 0.0727. The predicted octanol–water partition coefficient (Wildman–Crippen LogP) is 1.58. The van der Waals surface area contributed by atoms with E-state index in [1.54, 1.807) is 6.20 Å². The van der Waals surface area contributed by atoms with E-state index in [0.29, 0.717) is 6.10 Å². The molecule has 0 aliphatic carbocycles. The summed E-state index contributed by atoms with van der Waals surface area (Å²) in [7, 11) is 0. The molecule has 1 aliphatic rings. The highest BCUT2D eigenvalue weighted by Crippen LogP contribution is 2.24. The third-order valence-corrected chi connectivity index (χ3v) is 3.24. The Labute approximate surface area is 102 Å². The first kappa shape index (κ1) is 12.3. The molecule has 4 nitrogen and oxygen atoms in total. The van der Waals surface area contributed by atoms with E-state index in [9.17, 15) is 5.11 Å². The van der Waals surface area contributed by atoms with Crippen LogP contribution in [0, 0.1) is 0 Å². The fourth-order valence-corrected chi connectivity index (χ4v) is 2.33. The number of ether oxygens (including phenoxy) is 1. The summed E-state index contributed by atoms with van der Waals surface area (Å²) in [6, 6.07) is 1.88. The molecule has 2 heterocycles. The van der Waals surface area contributed by atoms with Crippen LogP contribution in [0.4, 0.5) is 5.69 Å². The number of hydrogen-bond donors (Lipinski definition) is 1. The highest BCUT2D eigenvalue weighted by Gasteiger charge is 2.20. The van der Waals surface area contributed by atoms with Gasteiger partial charge in [-0.05, 0) is 25.8 Å². The van der Waals surface area contributed by atoms with Gasteiger partial charge in [0, 0.05) is 31.5 Å². The molecule has 1 aliphatic heterocycles. The van der Waals surface area contributed by atoms with Crippen molar-refractivity contribution in [1.82, 2.24) is 4.98 Å². The zero-order valence-electron chi connectivity index (χ0n) is 10.3. The third kappa shape index (κ3) is 2.96. The molecule has 1 saturated heterocycles. The van der Waals surface area contributed by atoms with E-state index in [2.05, 4.69) is 9.88 Å². The zero-order chi connectivity index (χ0) is 12.1. The molecule has 0 aromatic carbocycles. The second-order valence-electron chi connectivity index (χ2n) is 4.30. The molecule has 4 heteroatoms. The van der Waals surface area contributed by atoms with E-state index < -0.39 is 0 Å². The summed E-state index contributed by atoms with van der Waals surface area (Å²) >= 11 is 0. The van der Waals surface area contributed by atoms with E-state index in [1.165, 1.54) is 0 Å². The van der Waals surface area contributed by atoms with Crippen LogP contribution in [0.25, 0.3) is 0 Å². The molecule has 0 saturated carbocycles. The van der Waals surface area contributed by atoms with Gasteiger partial charge in [-0.3, -0.25) is 4.98 Å². The van der Waals surface area contributed by atoms with Crippen molar-refractivity contribution in [3.05, 3.63) is 24.0 Å². The molecule has 0 spiro atoms. The smallest absolute Gasteiger partial charge is 0.0703 e. The van der Waals surface area contributed by atoms with Crippen molar-refractivity contribution in [2.24, 2.45) is 0 Å². The molecule has 17 heavy (non-hydrogen) atoms. The molecule has 1 fully saturated rings. The standard InChI is InChI=1S/C13H20N2O2/c1-2-17-12-4-7-15(8-5-12)13-9-14-6-3-11(13)10-16/h3,6,9,12,16H,2,4-5,7-8,10H2,1H3. The van der Waals surface area contributed by atoms with Gasteiger partial charge in [0.1, 0.15) is 0 Å². The summed E-state index contributed by atoms with van der Waals surface area (Å²) in [5, 5.41) is 9.31. The molecule has 1 aromatic heterocycles. The average molecular weight is 236 g/mol. The van der Waals surface area contributed by atoms with Crippen LogP contribution >= 0.6 is 0 Å². The lowest BCUT2D eigenvalue weighted by Crippen LogP contribution is -2.37. The summed E-state index contributed by atoms with van der Waals surface area (Å²) in [5.74, 6) is 0. The average Bonchev–Trinajstić information content (AvgIpc) is 2.40. The fraction of sp³-hybridized carbons (Fsp3) is 0.615. The maximum Gasteiger partial charge on any atom is 0.0703 e. The topological polar surface area (TPSA) is 45.6 Å². The molecule has 94 valence electrons. The van der Waals surface area contributed by atoms with Crippen LogP contribution in [0.3, 0.4) is 0 Å². The maximum atomic E-state index is 9.31. The minimum atomic E-state index is 0.0727. The number of aromatic nitrogens is 1. The largest absolute Gasteiger partial charge is 0.392 e. The van der Waals surface area contributed by atoms with E-state index in [0.717, 1.165) is 43.8 Å². The van der Waals surface area contributed by atoms with Crippen molar-refractivity contribution in [2.75, 3.05) is 24.6 Å². The quantitative estimate of drug-likeness (QED) is 0.862. The minimum Gasteiger partial charge on any atom is -0.392 e. The van der Waals surface area contributed by atoms with Gasteiger partial charge in [0.2, 0.25) is 0 Å². The third-order valence-electron chi connectivity index (χ3n) is 3.24. The van der Waals surface area contributed by atoms with Gasteiger partial charge in [0.25, 0.3) is 0 Å². The zero-order valence-corrected chi connectivity index (χ0v) is 10.3. The van der Waals surface area contributed by atoms with Crippen molar-refractivity contribution in [3.63, 3.8) is 0 Å². The first-order valence-corrected chi connectivity index (χ1v) is 6.25. The monoisotopic (exact) mass is 236 g/mol. The van der Waals surface area contributed by atoms with Crippen LogP contribution < -0.4 is 4.90 Å². The number of nitrogens with zero attached hydrogens (tertiary/aromatic N) is 2.